The van der Waals surface area contributed by atoms with Gasteiger partial charge in [0.15, 0.2) is 5.92 Å². The highest BCUT2D eigenvalue weighted by atomic mass is 19.1. The molecule has 0 N–H and O–H groups in total. The average molecular weight is 414 g/mol. The molecule has 0 aromatic heterocycles. The summed E-state index contributed by atoms with van der Waals surface area (Å²) in [5, 5.41) is 11.8. The van der Waals surface area contributed by atoms with Crippen molar-refractivity contribution in [1.29, 1.82) is 0 Å². The summed E-state index contributed by atoms with van der Waals surface area (Å²) in [6.07, 6.45) is -0.965. The molecule has 0 aliphatic rings. The minimum atomic E-state index is -1.92. The Morgan fingerprint density at radius 1 is 1.17 bits per heavy atom. The van der Waals surface area contributed by atoms with E-state index in [0.29, 0.717) is 6.07 Å². The zero-order valence-electron chi connectivity index (χ0n) is 17.0. The van der Waals surface area contributed by atoms with Gasteiger partial charge in [-0.05, 0) is 33.8 Å². The molecular weight excluding hydrogens is 391 g/mol. The molecule has 29 heavy (non-hydrogen) atoms. The van der Waals surface area contributed by atoms with Gasteiger partial charge >= 0.3 is 18.0 Å². The number of halogens is 1. The van der Waals surface area contributed by atoms with E-state index >= 15 is 0 Å². The molecule has 0 saturated carbocycles. The van der Waals surface area contributed by atoms with Crippen LogP contribution in [0.3, 0.4) is 0 Å². The lowest BCUT2D eigenvalue weighted by Crippen LogP contribution is -2.37. The second-order valence-corrected chi connectivity index (χ2v) is 6.82. The highest BCUT2D eigenvalue weighted by molar-refractivity contribution is 6.03. The van der Waals surface area contributed by atoms with Crippen molar-refractivity contribution < 1.29 is 37.9 Å². The molecular formula is C18H23FN2O8. The number of esters is 2. The first-order valence-electron chi connectivity index (χ1n) is 8.51. The van der Waals surface area contributed by atoms with E-state index in [1.807, 2.05) is 0 Å². The van der Waals surface area contributed by atoms with Gasteiger partial charge in [0.1, 0.15) is 17.1 Å². The lowest BCUT2D eigenvalue weighted by molar-refractivity contribution is -0.384. The van der Waals surface area contributed by atoms with Crippen LogP contribution in [0.2, 0.25) is 0 Å². The fourth-order valence-electron chi connectivity index (χ4n) is 2.53. The zero-order valence-corrected chi connectivity index (χ0v) is 17.0. The van der Waals surface area contributed by atoms with Gasteiger partial charge in [-0.2, -0.15) is 0 Å². The molecule has 0 heterocycles. The number of rotatable bonds is 6. The molecule has 0 bridgehead atoms. The Hall–Kier alpha value is -3.24. The third-order valence-corrected chi connectivity index (χ3v) is 3.67. The molecule has 10 nitrogen and oxygen atoms in total. The Morgan fingerprint density at radius 2 is 1.69 bits per heavy atom. The number of nitro benzene ring substituents is 1. The van der Waals surface area contributed by atoms with Crippen LogP contribution in [0.15, 0.2) is 12.1 Å². The van der Waals surface area contributed by atoms with Gasteiger partial charge in [0, 0.05) is 12.6 Å². The molecule has 1 amide bonds. The fraction of sp³-hybridized carbons (Fsp3) is 0.500. The number of carbonyl (C=O) groups is 3. The zero-order chi connectivity index (χ0) is 22.5. The summed E-state index contributed by atoms with van der Waals surface area (Å²) in [5.74, 6) is -5.30. The van der Waals surface area contributed by atoms with E-state index in [1.165, 1.54) is 6.92 Å². The van der Waals surface area contributed by atoms with Crippen LogP contribution in [0.5, 0.6) is 0 Å². The third-order valence-electron chi connectivity index (χ3n) is 3.67. The number of hydrogen-bond donors (Lipinski definition) is 0. The minimum absolute atomic E-state index is 0.111. The maximum atomic E-state index is 14.4. The number of carbonyl (C=O) groups excluding carboxylic acids is 3. The van der Waals surface area contributed by atoms with E-state index in [1.54, 1.807) is 20.8 Å². The quantitative estimate of drug-likeness (QED) is 0.229. The summed E-state index contributed by atoms with van der Waals surface area (Å²) in [4.78, 5) is 48.4. The predicted molar refractivity (Wildman–Crippen MR) is 99.1 cm³/mol. The standard InChI is InChI=1S/C18H23FN2O8/c1-7-20(17(24)29-18(2,3)4)12-9-10(19)8-11(14(12)21(25)26)13(15(22)27-5)16(23)28-6/h8-9,13H,7H2,1-6H3. The first-order valence-corrected chi connectivity index (χ1v) is 8.51. The van der Waals surface area contributed by atoms with Crippen molar-refractivity contribution in [2.45, 2.75) is 39.2 Å². The lowest BCUT2D eigenvalue weighted by atomic mass is 9.96. The van der Waals surface area contributed by atoms with Crippen molar-refractivity contribution in [2.75, 3.05) is 25.7 Å². The Labute approximate surface area is 166 Å². The van der Waals surface area contributed by atoms with Crippen molar-refractivity contribution in [3.63, 3.8) is 0 Å². The minimum Gasteiger partial charge on any atom is -0.468 e. The topological polar surface area (TPSA) is 125 Å². The average Bonchev–Trinajstić information content (AvgIpc) is 2.59. The van der Waals surface area contributed by atoms with Crippen LogP contribution >= 0.6 is 0 Å². The van der Waals surface area contributed by atoms with Gasteiger partial charge in [0.05, 0.1) is 24.7 Å². The number of anilines is 1. The first kappa shape index (κ1) is 23.8. The predicted octanol–water partition coefficient (Wildman–Crippen LogP) is 2.92. The highest BCUT2D eigenvalue weighted by Crippen LogP contribution is 2.38. The fourth-order valence-corrected chi connectivity index (χ4v) is 2.53. The van der Waals surface area contributed by atoms with Gasteiger partial charge in [-0.1, -0.05) is 0 Å². The molecule has 0 radical (unpaired) electrons. The van der Waals surface area contributed by atoms with Crippen LogP contribution in [-0.2, 0) is 23.8 Å². The van der Waals surface area contributed by atoms with E-state index in [9.17, 15) is 28.9 Å². The summed E-state index contributed by atoms with van der Waals surface area (Å²) >= 11 is 0. The lowest BCUT2D eigenvalue weighted by Gasteiger charge is -2.27. The molecule has 0 spiro atoms. The van der Waals surface area contributed by atoms with Crippen molar-refractivity contribution >= 4 is 29.4 Å². The van der Waals surface area contributed by atoms with Gasteiger partial charge in [0.25, 0.3) is 5.69 Å². The second kappa shape index (κ2) is 9.30. The van der Waals surface area contributed by atoms with Crippen LogP contribution in [0.25, 0.3) is 0 Å². The Bertz CT molecular complexity index is 803. The molecule has 1 aromatic rings. The second-order valence-electron chi connectivity index (χ2n) is 6.82. The van der Waals surface area contributed by atoms with Gasteiger partial charge in [0.2, 0.25) is 0 Å². The smallest absolute Gasteiger partial charge is 0.415 e. The maximum absolute atomic E-state index is 14.4. The normalized spacial score (nSPS) is 11.0. The summed E-state index contributed by atoms with van der Waals surface area (Å²) in [6, 6.07) is 1.41. The summed E-state index contributed by atoms with van der Waals surface area (Å²) in [7, 11) is 1.92. The number of nitro groups is 1. The van der Waals surface area contributed by atoms with Gasteiger partial charge in [-0.3, -0.25) is 24.6 Å². The summed E-state index contributed by atoms with van der Waals surface area (Å²) < 4.78 is 28.6. The SMILES string of the molecule is CCN(C(=O)OC(C)(C)C)c1cc(F)cc(C(C(=O)OC)C(=O)OC)c1[N+](=O)[O-]. The Kier molecular flexibility index (Phi) is 7.64. The number of hydrogen-bond acceptors (Lipinski definition) is 8. The first-order chi connectivity index (χ1) is 13.4. The third kappa shape index (κ3) is 5.62. The number of ether oxygens (including phenoxy) is 3. The molecule has 11 heteroatoms. The number of nitrogens with zero attached hydrogens (tertiary/aromatic N) is 2. The van der Waals surface area contributed by atoms with Gasteiger partial charge < -0.3 is 14.2 Å². The van der Waals surface area contributed by atoms with Crippen LogP contribution in [0.1, 0.15) is 39.2 Å². The molecule has 0 fully saturated rings. The molecule has 1 aromatic carbocycles. The number of benzene rings is 1. The van der Waals surface area contributed by atoms with Crippen molar-refractivity contribution in [3.8, 4) is 0 Å². The molecule has 0 saturated heterocycles. The number of amides is 1. The molecule has 0 aliphatic heterocycles. The van der Waals surface area contributed by atoms with Crippen molar-refractivity contribution in [2.24, 2.45) is 0 Å². The highest BCUT2D eigenvalue weighted by Gasteiger charge is 2.40. The van der Waals surface area contributed by atoms with Crippen LogP contribution in [0, 0.1) is 15.9 Å². The Balaban J connectivity index is 3.77. The van der Waals surface area contributed by atoms with Crippen LogP contribution in [0.4, 0.5) is 20.6 Å². The monoisotopic (exact) mass is 414 g/mol. The largest absolute Gasteiger partial charge is 0.468 e. The van der Waals surface area contributed by atoms with Gasteiger partial charge in [-0.25, -0.2) is 9.18 Å². The molecule has 0 atom stereocenters. The van der Waals surface area contributed by atoms with Crippen LogP contribution < -0.4 is 4.90 Å². The molecule has 160 valence electrons. The summed E-state index contributed by atoms with van der Waals surface area (Å²) in [6.45, 7) is 6.16. The molecule has 1 rings (SSSR count). The summed E-state index contributed by atoms with van der Waals surface area (Å²) in [5.41, 5.74) is -2.82. The Morgan fingerprint density at radius 3 is 2.07 bits per heavy atom. The maximum Gasteiger partial charge on any atom is 0.415 e. The van der Waals surface area contributed by atoms with E-state index in [4.69, 9.17) is 4.74 Å². The van der Waals surface area contributed by atoms with E-state index < -0.39 is 57.2 Å². The number of methoxy groups -OCH3 is 2. The van der Waals surface area contributed by atoms with Crippen molar-refractivity contribution in [3.05, 3.63) is 33.6 Å². The van der Waals surface area contributed by atoms with E-state index in [0.717, 1.165) is 25.2 Å². The van der Waals surface area contributed by atoms with Crippen molar-refractivity contribution in [1.82, 2.24) is 0 Å². The van der Waals surface area contributed by atoms with E-state index in [-0.39, 0.29) is 6.54 Å². The van der Waals surface area contributed by atoms with Gasteiger partial charge in [-0.15, -0.1) is 0 Å². The van der Waals surface area contributed by atoms with E-state index in [2.05, 4.69) is 9.47 Å². The molecule has 0 aliphatic carbocycles. The molecule has 0 unspecified atom stereocenters. The van der Waals surface area contributed by atoms with Crippen LogP contribution in [-0.4, -0.2) is 49.3 Å².